The van der Waals surface area contributed by atoms with Crippen LogP contribution in [0.1, 0.15) is 25.4 Å². The molecule has 0 fully saturated rings. The summed E-state index contributed by atoms with van der Waals surface area (Å²) in [6.45, 7) is 8.33. The number of nitrogens with one attached hydrogen (secondary N) is 1. The summed E-state index contributed by atoms with van der Waals surface area (Å²) in [5.74, 6) is 2.62. The smallest absolute Gasteiger partial charge is 0.117 e. The van der Waals surface area contributed by atoms with Gasteiger partial charge < -0.3 is 14.6 Å². The molecule has 1 rings (SSSR count). The highest BCUT2D eigenvalue weighted by Gasteiger charge is 2.14. The third-order valence-electron chi connectivity index (χ3n) is 2.70. The lowest BCUT2D eigenvalue weighted by Crippen LogP contribution is -2.41. The SMILES string of the molecule is Cc1ccc(CNC(CN(C)C)C(C)C)o1. The molecule has 0 aliphatic rings. The van der Waals surface area contributed by atoms with E-state index in [1.807, 2.05) is 19.1 Å². The Morgan fingerprint density at radius 2 is 2.00 bits per heavy atom. The van der Waals surface area contributed by atoms with Gasteiger partial charge in [-0.2, -0.15) is 0 Å². The molecule has 1 aromatic heterocycles. The lowest BCUT2D eigenvalue weighted by Gasteiger charge is -2.25. The minimum absolute atomic E-state index is 0.500. The second-order valence-corrected chi connectivity index (χ2v) is 5.01. The Labute approximate surface area is 98.8 Å². The summed E-state index contributed by atoms with van der Waals surface area (Å²) in [7, 11) is 4.21. The number of rotatable bonds is 6. The van der Waals surface area contributed by atoms with Crippen LogP contribution >= 0.6 is 0 Å². The molecule has 0 spiro atoms. The highest BCUT2D eigenvalue weighted by atomic mass is 16.3. The molecule has 1 unspecified atom stereocenters. The molecule has 0 saturated heterocycles. The van der Waals surface area contributed by atoms with Crippen molar-refractivity contribution in [2.75, 3.05) is 20.6 Å². The molecule has 0 amide bonds. The van der Waals surface area contributed by atoms with Crippen molar-refractivity contribution in [2.45, 2.75) is 33.4 Å². The van der Waals surface area contributed by atoms with Gasteiger partial charge in [-0.05, 0) is 39.1 Å². The Kier molecular flexibility index (Phi) is 5.03. The molecule has 1 aromatic rings. The van der Waals surface area contributed by atoms with Crippen LogP contribution in [0.15, 0.2) is 16.5 Å². The first-order valence-corrected chi connectivity index (χ1v) is 5.92. The van der Waals surface area contributed by atoms with Crippen LogP contribution in [0.3, 0.4) is 0 Å². The van der Waals surface area contributed by atoms with Crippen molar-refractivity contribution >= 4 is 0 Å². The fourth-order valence-corrected chi connectivity index (χ4v) is 1.72. The second-order valence-electron chi connectivity index (χ2n) is 5.01. The van der Waals surface area contributed by atoms with Gasteiger partial charge in [0.05, 0.1) is 6.54 Å². The van der Waals surface area contributed by atoms with Gasteiger partial charge in [0, 0.05) is 12.6 Å². The minimum Gasteiger partial charge on any atom is -0.465 e. The number of furan rings is 1. The van der Waals surface area contributed by atoms with Gasteiger partial charge >= 0.3 is 0 Å². The predicted octanol–water partition coefficient (Wildman–Crippen LogP) is 2.26. The molecule has 1 heterocycles. The second kappa shape index (κ2) is 6.06. The molecule has 92 valence electrons. The van der Waals surface area contributed by atoms with E-state index in [2.05, 4.69) is 38.2 Å². The highest BCUT2D eigenvalue weighted by Crippen LogP contribution is 2.08. The van der Waals surface area contributed by atoms with Crippen LogP contribution in [0.4, 0.5) is 0 Å². The monoisotopic (exact) mass is 224 g/mol. The number of hydrogen-bond donors (Lipinski definition) is 1. The minimum atomic E-state index is 0.500. The largest absolute Gasteiger partial charge is 0.465 e. The van der Waals surface area contributed by atoms with Crippen molar-refractivity contribution in [3.8, 4) is 0 Å². The summed E-state index contributed by atoms with van der Waals surface area (Å²) in [5, 5.41) is 3.54. The van der Waals surface area contributed by atoms with Crippen molar-refractivity contribution < 1.29 is 4.42 Å². The van der Waals surface area contributed by atoms with E-state index < -0.39 is 0 Å². The van der Waals surface area contributed by atoms with Gasteiger partial charge in [0.1, 0.15) is 11.5 Å². The normalized spacial score (nSPS) is 13.7. The maximum absolute atomic E-state index is 5.54. The van der Waals surface area contributed by atoms with E-state index in [1.54, 1.807) is 0 Å². The van der Waals surface area contributed by atoms with E-state index in [9.17, 15) is 0 Å². The Hall–Kier alpha value is -0.800. The quantitative estimate of drug-likeness (QED) is 0.803. The van der Waals surface area contributed by atoms with Crippen molar-refractivity contribution in [3.63, 3.8) is 0 Å². The van der Waals surface area contributed by atoms with Gasteiger partial charge in [0.15, 0.2) is 0 Å². The predicted molar refractivity (Wildman–Crippen MR) is 67.5 cm³/mol. The number of likely N-dealkylation sites (N-methyl/N-ethyl adjacent to an activating group) is 1. The zero-order chi connectivity index (χ0) is 12.1. The van der Waals surface area contributed by atoms with Crippen molar-refractivity contribution in [1.29, 1.82) is 0 Å². The first-order chi connectivity index (χ1) is 7.49. The molecule has 0 aromatic carbocycles. The molecule has 1 atom stereocenters. The number of nitrogens with zero attached hydrogens (tertiary/aromatic N) is 1. The topological polar surface area (TPSA) is 28.4 Å². The Morgan fingerprint density at radius 3 is 2.44 bits per heavy atom. The van der Waals surface area contributed by atoms with Gasteiger partial charge in [0.25, 0.3) is 0 Å². The average molecular weight is 224 g/mol. The summed E-state index contributed by atoms with van der Waals surface area (Å²) in [5.41, 5.74) is 0. The molecule has 3 nitrogen and oxygen atoms in total. The molecule has 0 saturated carbocycles. The Bertz CT molecular complexity index is 305. The van der Waals surface area contributed by atoms with E-state index in [4.69, 9.17) is 4.42 Å². The third-order valence-corrected chi connectivity index (χ3v) is 2.70. The molecular formula is C13H24N2O. The Morgan fingerprint density at radius 1 is 1.31 bits per heavy atom. The number of aryl methyl sites for hydroxylation is 1. The van der Waals surface area contributed by atoms with Crippen LogP contribution in [-0.2, 0) is 6.54 Å². The van der Waals surface area contributed by atoms with Gasteiger partial charge in [-0.15, -0.1) is 0 Å². The maximum atomic E-state index is 5.54. The van der Waals surface area contributed by atoms with Crippen LogP contribution in [-0.4, -0.2) is 31.6 Å². The zero-order valence-electron chi connectivity index (χ0n) is 11.1. The standard InChI is InChI=1S/C13H24N2O/c1-10(2)13(9-15(4)5)14-8-12-7-6-11(3)16-12/h6-7,10,13-14H,8-9H2,1-5H3. The summed E-state index contributed by atoms with van der Waals surface area (Å²) in [6.07, 6.45) is 0. The lowest BCUT2D eigenvalue weighted by molar-refractivity contribution is 0.281. The summed E-state index contributed by atoms with van der Waals surface area (Å²) in [4.78, 5) is 2.21. The zero-order valence-corrected chi connectivity index (χ0v) is 11.1. The van der Waals surface area contributed by atoms with Crippen LogP contribution in [0.2, 0.25) is 0 Å². The van der Waals surface area contributed by atoms with Gasteiger partial charge in [0.2, 0.25) is 0 Å². The maximum Gasteiger partial charge on any atom is 0.117 e. The summed E-state index contributed by atoms with van der Waals surface area (Å²) < 4.78 is 5.54. The first kappa shape index (κ1) is 13.3. The van der Waals surface area contributed by atoms with E-state index in [-0.39, 0.29) is 0 Å². The molecule has 3 heteroatoms. The van der Waals surface area contributed by atoms with Crippen LogP contribution < -0.4 is 5.32 Å². The van der Waals surface area contributed by atoms with Gasteiger partial charge in [-0.25, -0.2) is 0 Å². The van der Waals surface area contributed by atoms with Crippen LogP contribution in [0.5, 0.6) is 0 Å². The molecule has 0 aliphatic carbocycles. The van der Waals surface area contributed by atoms with Crippen molar-refractivity contribution in [2.24, 2.45) is 5.92 Å². The van der Waals surface area contributed by atoms with Crippen molar-refractivity contribution in [1.82, 2.24) is 10.2 Å². The van der Waals surface area contributed by atoms with Crippen molar-refractivity contribution in [3.05, 3.63) is 23.7 Å². The summed E-state index contributed by atoms with van der Waals surface area (Å²) in [6, 6.07) is 4.54. The molecule has 0 radical (unpaired) electrons. The molecule has 1 N–H and O–H groups in total. The van der Waals surface area contributed by atoms with Crippen LogP contribution in [0.25, 0.3) is 0 Å². The van der Waals surface area contributed by atoms with E-state index in [0.29, 0.717) is 12.0 Å². The fourth-order valence-electron chi connectivity index (χ4n) is 1.72. The summed E-state index contributed by atoms with van der Waals surface area (Å²) >= 11 is 0. The van der Waals surface area contributed by atoms with E-state index in [1.165, 1.54) is 0 Å². The van der Waals surface area contributed by atoms with Gasteiger partial charge in [-0.3, -0.25) is 0 Å². The fraction of sp³-hybridized carbons (Fsp3) is 0.692. The molecule has 0 bridgehead atoms. The first-order valence-electron chi connectivity index (χ1n) is 5.92. The van der Waals surface area contributed by atoms with Gasteiger partial charge in [-0.1, -0.05) is 13.8 Å². The average Bonchev–Trinajstić information content (AvgIpc) is 2.58. The third kappa shape index (κ3) is 4.37. The van der Waals surface area contributed by atoms with Crippen LogP contribution in [0, 0.1) is 12.8 Å². The Balaban J connectivity index is 2.43. The molecule has 0 aliphatic heterocycles. The highest BCUT2D eigenvalue weighted by molar-refractivity contribution is 5.05. The van der Waals surface area contributed by atoms with E-state index >= 15 is 0 Å². The lowest BCUT2D eigenvalue weighted by atomic mass is 10.0. The van der Waals surface area contributed by atoms with E-state index in [0.717, 1.165) is 24.6 Å². The molecular weight excluding hydrogens is 200 g/mol. The molecule has 16 heavy (non-hydrogen) atoms. The number of hydrogen-bond acceptors (Lipinski definition) is 3.